The van der Waals surface area contributed by atoms with Gasteiger partial charge in [0.25, 0.3) is 0 Å². The Bertz CT molecular complexity index is 163. The van der Waals surface area contributed by atoms with Crippen LogP contribution in [0, 0.1) is 5.92 Å². The first-order chi connectivity index (χ1) is 5.49. The summed E-state index contributed by atoms with van der Waals surface area (Å²) in [4.78, 5) is 11.0. The average Bonchev–Trinajstić information content (AvgIpc) is 2.00. The third-order valence-electron chi connectivity index (χ3n) is 1.46. The topological polar surface area (TPSA) is 46.5 Å². The number of carbonyl (C=O) groups is 1. The summed E-state index contributed by atoms with van der Waals surface area (Å²) in [7, 11) is 0. The second-order valence-corrected chi connectivity index (χ2v) is 3.03. The molecule has 0 aromatic rings. The predicted molar refractivity (Wildman–Crippen MR) is 46.6 cm³/mol. The molecule has 12 heavy (non-hydrogen) atoms. The first-order valence-electron chi connectivity index (χ1n) is 4.00. The van der Waals surface area contributed by atoms with E-state index in [9.17, 15) is 9.90 Å². The number of ether oxygens (including phenoxy) is 1. The summed E-state index contributed by atoms with van der Waals surface area (Å²) < 4.78 is 4.80. The molecule has 3 nitrogen and oxygen atoms in total. The lowest BCUT2D eigenvalue weighted by Crippen LogP contribution is -2.30. The van der Waals surface area contributed by atoms with Crippen molar-refractivity contribution >= 4 is 5.97 Å². The van der Waals surface area contributed by atoms with Gasteiger partial charge in [-0.25, -0.2) is 4.79 Å². The highest BCUT2D eigenvalue weighted by atomic mass is 16.6. The highest BCUT2D eigenvalue weighted by Crippen LogP contribution is 2.06. The standard InChI is InChI=1S/C9H16O3/c1-5-7(4)8(10)9(11)12-6(2)3/h5-8,10H,1H2,2-4H3/t7-,8-/m0/s1. The van der Waals surface area contributed by atoms with Crippen LogP contribution in [0.25, 0.3) is 0 Å². The second kappa shape index (κ2) is 4.93. The monoisotopic (exact) mass is 172 g/mol. The van der Waals surface area contributed by atoms with Crippen LogP contribution >= 0.6 is 0 Å². The van der Waals surface area contributed by atoms with Crippen molar-refractivity contribution in [2.45, 2.75) is 33.0 Å². The third kappa shape index (κ3) is 3.53. The van der Waals surface area contributed by atoms with E-state index >= 15 is 0 Å². The van der Waals surface area contributed by atoms with Gasteiger partial charge < -0.3 is 9.84 Å². The minimum atomic E-state index is -1.09. The molecule has 0 bridgehead atoms. The Kier molecular flexibility index (Phi) is 4.59. The molecule has 70 valence electrons. The van der Waals surface area contributed by atoms with Gasteiger partial charge in [-0.3, -0.25) is 0 Å². The first-order valence-corrected chi connectivity index (χ1v) is 4.00. The minimum absolute atomic E-state index is 0.191. The van der Waals surface area contributed by atoms with E-state index in [1.807, 2.05) is 0 Å². The van der Waals surface area contributed by atoms with Crippen LogP contribution < -0.4 is 0 Å². The summed E-state index contributed by atoms with van der Waals surface area (Å²) in [5, 5.41) is 9.29. The summed E-state index contributed by atoms with van der Waals surface area (Å²) >= 11 is 0. The normalized spacial score (nSPS) is 15.4. The Morgan fingerprint density at radius 2 is 2.00 bits per heavy atom. The van der Waals surface area contributed by atoms with Crippen LogP contribution in [0.2, 0.25) is 0 Å². The van der Waals surface area contributed by atoms with Gasteiger partial charge in [0.05, 0.1) is 6.10 Å². The predicted octanol–water partition coefficient (Wildman–Crippen LogP) is 1.12. The molecule has 0 aromatic heterocycles. The molecular formula is C9H16O3. The second-order valence-electron chi connectivity index (χ2n) is 3.03. The molecule has 0 rings (SSSR count). The van der Waals surface area contributed by atoms with Gasteiger partial charge in [0.2, 0.25) is 0 Å². The zero-order valence-corrected chi connectivity index (χ0v) is 7.78. The zero-order chi connectivity index (χ0) is 9.72. The lowest BCUT2D eigenvalue weighted by atomic mass is 10.1. The van der Waals surface area contributed by atoms with Crippen molar-refractivity contribution in [1.82, 2.24) is 0 Å². The number of esters is 1. The van der Waals surface area contributed by atoms with Gasteiger partial charge in [0, 0.05) is 5.92 Å². The van der Waals surface area contributed by atoms with Gasteiger partial charge in [-0.1, -0.05) is 13.0 Å². The summed E-state index contributed by atoms with van der Waals surface area (Å²) in [6, 6.07) is 0. The largest absolute Gasteiger partial charge is 0.461 e. The van der Waals surface area contributed by atoms with Crippen molar-refractivity contribution in [1.29, 1.82) is 0 Å². The van der Waals surface area contributed by atoms with E-state index in [1.165, 1.54) is 6.08 Å². The van der Waals surface area contributed by atoms with Gasteiger partial charge >= 0.3 is 5.97 Å². The molecule has 0 radical (unpaired) electrons. The minimum Gasteiger partial charge on any atom is -0.461 e. The highest BCUT2D eigenvalue weighted by Gasteiger charge is 2.22. The fourth-order valence-electron chi connectivity index (χ4n) is 0.646. The molecule has 3 heteroatoms. The Hall–Kier alpha value is -0.830. The molecular weight excluding hydrogens is 156 g/mol. The van der Waals surface area contributed by atoms with Crippen LogP contribution in [0.1, 0.15) is 20.8 Å². The first kappa shape index (κ1) is 11.2. The molecule has 0 heterocycles. The van der Waals surface area contributed by atoms with Crippen molar-refractivity contribution in [2.75, 3.05) is 0 Å². The van der Waals surface area contributed by atoms with Crippen molar-refractivity contribution in [3.05, 3.63) is 12.7 Å². The van der Waals surface area contributed by atoms with Gasteiger partial charge in [-0.05, 0) is 13.8 Å². The summed E-state index contributed by atoms with van der Waals surface area (Å²) in [5.41, 5.74) is 0. The molecule has 0 unspecified atom stereocenters. The smallest absolute Gasteiger partial charge is 0.335 e. The van der Waals surface area contributed by atoms with Gasteiger partial charge in [-0.15, -0.1) is 6.58 Å². The van der Waals surface area contributed by atoms with E-state index in [0.29, 0.717) is 0 Å². The molecule has 0 spiro atoms. The van der Waals surface area contributed by atoms with Gasteiger partial charge in [0.1, 0.15) is 0 Å². The van der Waals surface area contributed by atoms with Crippen LogP contribution in [0.3, 0.4) is 0 Å². The fraction of sp³-hybridized carbons (Fsp3) is 0.667. The zero-order valence-electron chi connectivity index (χ0n) is 7.78. The van der Waals surface area contributed by atoms with E-state index in [4.69, 9.17) is 4.74 Å². The average molecular weight is 172 g/mol. The number of hydrogen-bond acceptors (Lipinski definition) is 3. The van der Waals surface area contributed by atoms with Crippen LogP contribution in [0.4, 0.5) is 0 Å². The van der Waals surface area contributed by atoms with E-state index < -0.39 is 12.1 Å². The Labute approximate surface area is 73.0 Å². The SMILES string of the molecule is C=C[C@H](C)[C@H](O)C(=O)OC(C)C. The van der Waals surface area contributed by atoms with Gasteiger partial charge in [-0.2, -0.15) is 0 Å². The quantitative estimate of drug-likeness (QED) is 0.510. The summed E-state index contributed by atoms with van der Waals surface area (Å²) in [6.07, 6.45) is 0.237. The maximum absolute atomic E-state index is 11.0. The van der Waals surface area contributed by atoms with Crippen molar-refractivity contribution in [3.8, 4) is 0 Å². The van der Waals surface area contributed by atoms with Crippen LogP contribution in [-0.4, -0.2) is 23.3 Å². The Morgan fingerprint density at radius 1 is 1.50 bits per heavy atom. The molecule has 2 atom stereocenters. The maximum atomic E-state index is 11.0. The summed E-state index contributed by atoms with van der Waals surface area (Å²) in [6.45, 7) is 8.66. The fourth-order valence-corrected chi connectivity index (χ4v) is 0.646. The van der Waals surface area contributed by atoms with E-state index in [-0.39, 0.29) is 12.0 Å². The Morgan fingerprint density at radius 3 is 2.33 bits per heavy atom. The van der Waals surface area contributed by atoms with Gasteiger partial charge in [0.15, 0.2) is 6.10 Å². The molecule has 0 saturated carbocycles. The number of aliphatic hydroxyl groups excluding tert-OH is 1. The number of carbonyl (C=O) groups excluding carboxylic acids is 1. The summed E-state index contributed by atoms with van der Waals surface area (Å²) in [5.74, 6) is -0.853. The maximum Gasteiger partial charge on any atom is 0.335 e. The molecule has 1 N–H and O–H groups in total. The number of rotatable bonds is 4. The molecule has 0 aliphatic carbocycles. The highest BCUT2D eigenvalue weighted by molar-refractivity contribution is 5.75. The molecule has 0 aliphatic heterocycles. The van der Waals surface area contributed by atoms with Crippen molar-refractivity contribution in [2.24, 2.45) is 5.92 Å². The molecule has 0 amide bonds. The van der Waals surface area contributed by atoms with Crippen LogP contribution in [0.15, 0.2) is 12.7 Å². The molecule has 0 aromatic carbocycles. The Balaban J connectivity index is 4.00. The van der Waals surface area contributed by atoms with E-state index in [1.54, 1.807) is 20.8 Å². The van der Waals surface area contributed by atoms with Crippen molar-refractivity contribution < 1.29 is 14.6 Å². The number of hydrogen-bond donors (Lipinski definition) is 1. The lowest BCUT2D eigenvalue weighted by Gasteiger charge is -2.15. The van der Waals surface area contributed by atoms with E-state index in [0.717, 1.165) is 0 Å². The van der Waals surface area contributed by atoms with E-state index in [2.05, 4.69) is 6.58 Å². The molecule has 0 aliphatic rings. The van der Waals surface area contributed by atoms with Crippen molar-refractivity contribution in [3.63, 3.8) is 0 Å². The molecule has 0 fully saturated rings. The van der Waals surface area contributed by atoms with Crippen LogP contribution in [0.5, 0.6) is 0 Å². The third-order valence-corrected chi connectivity index (χ3v) is 1.46. The lowest BCUT2D eigenvalue weighted by molar-refractivity contribution is -0.159. The number of aliphatic hydroxyl groups is 1. The van der Waals surface area contributed by atoms with Crippen LogP contribution in [-0.2, 0) is 9.53 Å². The molecule has 0 saturated heterocycles.